The van der Waals surface area contributed by atoms with E-state index in [0.29, 0.717) is 11.0 Å². The van der Waals surface area contributed by atoms with Gasteiger partial charge < -0.3 is 10.1 Å². The minimum atomic E-state index is 0.293. The summed E-state index contributed by atoms with van der Waals surface area (Å²) < 4.78 is 6.24. The lowest BCUT2D eigenvalue weighted by molar-refractivity contribution is -0.113. The lowest BCUT2D eigenvalue weighted by Gasteiger charge is -2.45. The van der Waals surface area contributed by atoms with E-state index in [1.165, 1.54) is 70.8 Å². The van der Waals surface area contributed by atoms with Crippen LogP contribution in [0.3, 0.4) is 0 Å². The van der Waals surface area contributed by atoms with Crippen LogP contribution < -0.4 is 5.32 Å². The van der Waals surface area contributed by atoms with Crippen LogP contribution in [0.4, 0.5) is 0 Å². The van der Waals surface area contributed by atoms with Gasteiger partial charge in [0.05, 0.1) is 5.60 Å². The average Bonchev–Trinajstić information content (AvgIpc) is 3.05. The fourth-order valence-corrected chi connectivity index (χ4v) is 5.15. The van der Waals surface area contributed by atoms with E-state index < -0.39 is 0 Å². The van der Waals surface area contributed by atoms with E-state index >= 15 is 0 Å². The predicted octanol–water partition coefficient (Wildman–Crippen LogP) is 4.28. The molecule has 116 valence electrons. The van der Waals surface area contributed by atoms with Gasteiger partial charge in [-0.3, -0.25) is 0 Å². The van der Waals surface area contributed by atoms with Gasteiger partial charge in [-0.2, -0.15) is 0 Å². The lowest BCUT2D eigenvalue weighted by Crippen LogP contribution is -2.42. The lowest BCUT2D eigenvalue weighted by atomic mass is 9.68. The van der Waals surface area contributed by atoms with Gasteiger partial charge in [-0.05, 0) is 69.2 Å². The zero-order chi connectivity index (χ0) is 14.1. The molecule has 0 bridgehead atoms. The molecule has 0 aromatic heterocycles. The maximum atomic E-state index is 6.24. The van der Waals surface area contributed by atoms with E-state index in [2.05, 4.69) is 19.2 Å². The molecule has 0 aromatic carbocycles. The molecule has 2 heteroatoms. The van der Waals surface area contributed by atoms with Crippen LogP contribution >= 0.6 is 0 Å². The van der Waals surface area contributed by atoms with Crippen molar-refractivity contribution in [1.29, 1.82) is 0 Å². The highest BCUT2D eigenvalue weighted by molar-refractivity contribution is 5.00. The molecule has 1 spiro atoms. The molecule has 1 N–H and O–H groups in total. The smallest absolute Gasteiger partial charge is 0.0685 e. The molecular weight excluding hydrogens is 246 g/mol. The summed E-state index contributed by atoms with van der Waals surface area (Å²) >= 11 is 0. The second-order valence-electron chi connectivity index (χ2n) is 7.98. The molecular formula is C18H33NO. The Hall–Kier alpha value is -0.0800. The second-order valence-corrected chi connectivity index (χ2v) is 7.98. The molecule has 20 heavy (non-hydrogen) atoms. The summed E-state index contributed by atoms with van der Waals surface area (Å²) in [5, 5.41) is 3.76. The summed E-state index contributed by atoms with van der Waals surface area (Å²) in [6.07, 6.45) is 13.6. The van der Waals surface area contributed by atoms with E-state index in [4.69, 9.17) is 4.74 Å². The third-order valence-electron chi connectivity index (χ3n) is 6.45. The van der Waals surface area contributed by atoms with Crippen molar-refractivity contribution < 1.29 is 4.74 Å². The van der Waals surface area contributed by atoms with Crippen molar-refractivity contribution in [2.45, 2.75) is 89.7 Å². The van der Waals surface area contributed by atoms with E-state index in [1.807, 2.05) is 0 Å². The maximum absolute atomic E-state index is 6.24. The van der Waals surface area contributed by atoms with Gasteiger partial charge in [0.15, 0.2) is 0 Å². The largest absolute Gasteiger partial charge is 0.375 e. The van der Waals surface area contributed by atoms with Gasteiger partial charge in [-0.1, -0.05) is 26.7 Å². The predicted molar refractivity (Wildman–Crippen MR) is 83.9 cm³/mol. The molecule has 2 aliphatic carbocycles. The Labute approximate surface area is 125 Å². The Morgan fingerprint density at radius 3 is 2.65 bits per heavy atom. The SMILES string of the molecule is CCCNC1CCC(C)(C2CCOC3(CCCC3)C2)C1. The van der Waals surface area contributed by atoms with Crippen LogP contribution in [0.2, 0.25) is 0 Å². The minimum absolute atomic E-state index is 0.293. The molecule has 3 rings (SSSR count). The van der Waals surface area contributed by atoms with Gasteiger partial charge >= 0.3 is 0 Å². The number of hydrogen-bond donors (Lipinski definition) is 1. The van der Waals surface area contributed by atoms with E-state index in [9.17, 15) is 0 Å². The number of rotatable bonds is 4. The van der Waals surface area contributed by atoms with E-state index in [1.54, 1.807) is 0 Å². The number of nitrogens with one attached hydrogen (secondary N) is 1. The first kappa shape index (κ1) is 14.8. The zero-order valence-corrected chi connectivity index (χ0v) is 13.5. The van der Waals surface area contributed by atoms with Gasteiger partial charge in [-0.25, -0.2) is 0 Å². The summed E-state index contributed by atoms with van der Waals surface area (Å²) in [4.78, 5) is 0. The highest BCUT2D eigenvalue weighted by Gasteiger charge is 2.48. The molecule has 1 aliphatic heterocycles. The molecule has 0 radical (unpaired) electrons. The highest BCUT2D eigenvalue weighted by atomic mass is 16.5. The van der Waals surface area contributed by atoms with Crippen LogP contribution in [0.5, 0.6) is 0 Å². The molecule has 3 atom stereocenters. The zero-order valence-electron chi connectivity index (χ0n) is 13.5. The van der Waals surface area contributed by atoms with Gasteiger partial charge in [0.2, 0.25) is 0 Å². The topological polar surface area (TPSA) is 21.3 Å². The number of hydrogen-bond acceptors (Lipinski definition) is 2. The van der Waals surface area contributed by atoms with Gasteiger partial charge in [-0.15, -0.1) is 0 Å². The van der Waals surface area contributed by atoms with Gasteiger partial charge in [0.1, 0.15) is 0 Å². The Bertz CT molecular complexity index is 323. The Balaban J connectivity index is 1.60. The minimum Gasteiger partial charge on any atom is -0.375 e. The molecule has 3 aliphatic rings. The molecule has 0 aromatic rings. The molecule has 3 unspecified atom stereocenters. The van der Waals surface area contributed by atoms with Crippen molar-refractivity contribution in [2.24, 2.45) is 11.3 Å². The second kappa shape index (κ2) is 5.96. The van der Waals surface area contributed by atoms with Crippen LogP contribution in [0.25, 0.3) is 0 Å². The van der Waals surface area contributed by atoms with Crippen LogP contribution in [0.1, 0.15) is 78.1 Å². The van der Waals surface area contributed by atoms with Crippen molar-refractivity contribution in [3.63, 3.8) is 0 Å². The fraction of sp³-hybridized carbons (Fsp3) is 1.00. The molecule has 2 saturated carbocycles. The van der Waals surface area contributed by atoms with Crippen molar-refractivity contribution >= 4 is 0 Å². The van der Waals surface area contributed by atoms with Crippen molar-refractivity contribution in [2.75, 3.05) is 13.2 Å². The first-order valence-corrected chi connectivity index (χ1v) is 9.03. The van der Waals surface area contributed by atoms with E-state index in [-0.39, 0.29) is 0 Å². The summed E-state index contributed by atoms with van der Waals surface area (Å²) in [5.41, 5.74) is 0.867. The first-order valence-electron chi connectivity index (χ1n) is 9.03. The van der Waals surface area contributed by atoms with Gasteiger partial charge in [0.25, 0.3) is 0 Å². The number of ether oxygens (including phenoxy) is 1. The Morgan fingerprint density at radius 1 is 1.10 bits per heavy atom. The molecule has 2 nitrogen and oxygen atoms in total. The van der Waals surface area contributed by atoms with Gasteiger partial charge in [0, 0.05) is 12.6 Å². The first-order chi connectivity index (χ1) is 9.66. The monoisotopic (exact) mass is 279 g/mol. The van der Waals surface area contributed by atoms with Crippen LogP contribution in [-0.4, -0.2) is 24.8 Å². The van der Waals surface area contributed by atoms with Crippen LogP contribution in [-0.2, 0) is 4.74 Å². The summed E-state index contributed by atoms with van der Waals surface area (Å²) in [5.74, 6) is 0.905. The Morgan fingerprint density at radius 2 is 1.90 bits per heavy atom. The summed E-state index contributed by atoms with van der Waals surface area (Å²) in [6, 6.07) is 0.780. The average molecular weight is 279 g/mol. The third-order valence-corrected chi connectivity index (χ3v) is 6.45. The van der Waals surface area contributed by atoms with Crippen LogP contribution in [0, 0.1) is 11.3 Å². The fourth-order valence-electron chi connectivity index (χ4n) is 5.15. The molecule has 1 saturated heterocycles. The van der Waals surface area contributed by atoms with Crippen molar-refractivity contribution in [1.82, 2.24) is 5.32 Å². The normalized spacial score (nSPS) is 40.5. The molecule has 0 amide bonds. The summed E-state index contributed by atoms with van der Waals surface area (Å²) in [7, 11) is 0. The Kier molecular flexibility index (Phi) is 4.42. The molecule has 1 heterocycles. The molecule has 3 fully saturated rings. The maximum Gasteiger partial charge on any atom is 0.0685 e. The van der Waals surface area contributed by atoms with Crippen molar-refractivity contribution in [3.8, 4) is 0 Å². The quantitative estimate of drug-likeness (QED) is 0.829. The highest BCUT2D eigenvalue weighted by Crippen LogP contribution is 2.52. The summed E-state index contributed by atoms with van der Waals surface area (Å²) in [6.45, 7) is 7.05. The third kappa shape index (κ3) is 2.92. The standard InChI is InChI=1S/C18H33NO/c1-3-11-19-16-6-10-17(2,14-16)15-7-12-20-18(13-15)8-4-5-9-18/h15-16,19H,3-14H2,1-2H3. The van der Waals surface area contributed by atoms with Crippen molar-refractivity contribution in [3.05, 3.63) is 0 Å². The van der Waals surface area contributed by atoms with E-state index in [0.717, 1.165) is 18.6 Å². The van der Waals surface area contributed by atoms with Crippen LogP contribution in [0.15, 0.2) is 0 Å².